The van der Waals surface area contributed by atoms with E-state index in [-0.39, 0.29) is 41.9 Å². The van der Waals surface area contributed by atoms with Gasteiger partial charge in [-0.3, -0.25) is 4.99 Å². The van der Waals surface area contributed by atoms with Gasteiger partial charge in [0.25, 0.3) is 0 Å². The van der Waals surface area contributed by atoms with Crippen molar-refractivity contribution in [2.75, 3.05) is 57.9 Å². The monoisotopic (exact) mass is 549 g/mol. The first-order valence-electron chi connectivity index (χ1n) is 10.6. The van der Waals surface area contributed by atoms with Crippen LogP contribution in [0.4, 0.5) is 14.9 Å². The summed E-state index contributed by atoms with van der Waals surface area (Å²) in [5, 5.41) is 6.64. The number of guanidine groups is 1. The van der Waals surface area contributed by atoms with Crippen molar-refractivity contribution in [2.45, 2.75) is 32.4 Å². The number of anilines is 1. The molecule has 174 valence electrons. The van der Waals surface area contributed by atoms with Crippen LogP contribution in [-0.2, 0) is 16.0 Å². The average molecular weight is 549 g/mol. The Kier molecular flexibility index (Phi) is 10.6. The van der Waals surface area contributed by atoms with Crippen LogP contribution >= 0.6 is 24.0 Å². The van der Waals surface area contributed by atoms with Crippen molar-refractivity contribution >= 4 is 41.7 Å². The molecule has 2 aliphatic heterocycles. The molecule has 1 aromatic rings. The molecule has 0 atom stereocenters. The van der Waals surface area contributed by atoms with Gasteiger partial charge in [0.15, 0.2) is 5.96 Å². The lowest BCUT2D eigenvalue weighted by Gasteiger charge is -2.32. The summed E-state index contributed by atoms with van der Waals surface area (Å²) >= 11 is 0. The SMILES string of the molecule is CCOC(=O)N1CCC(NC(=NC)NCc2ccc(N3CCOCC3)c(F)c2)CC1.I. The quantitative estimate of drug-likeness (QED) is 0.334. The van der Waals surface area contributed by atoms with Gasteiger partial charge in [-0.15, -0.1) is 24.0 Å². The third-order valence-electron chi connectivity index (χ3n) is 5.41. The number of rotatable bonds is 5. The van der Waals surface area contributed by atoms with Gasteiger partial charge >= 0.3 is 6.09 Å². The molecule has 0 unspecified atom stereocenters. The zero-order valence-electron chi connectivity index (χ0n) is 18.2. The number of nitrogens with zero attached hydrogens (tertiary/aromatic N) is 3. The van der Waals surface area contributed by atoms with Gasteiger partial charge < -0.3 is 29.9 Å². The summed E-state index contributed by atoms with van der Waals surface area (Å²) in [6.45, 7) is 6.66. The van der Waals surface area contributed by atoms with E-state index < -0.39 is 0 Å². The van der Waals surface area contributed by atoms with E-state index in [1.165, 1.54) is 0 Å². The lowest BCUT2D eigenvalue weighted by atomic mass is 10.1. The Morgan fingerprint density at radius 2 is 1.97 bits per heavy atom. The summed E-state index contributed by atoms with van der Waals surface area (Å²) in [5.74, 6) is 0.452. The number of piperidine rings is 1. The van der Waals surface area contributed by atoms with Gasteiger partial charge in [0, 0.05) is 45.8 Å². The highest BCUT2D eigenvalue weighted by atomic mass is 127. The summed E-state index contributed by atoms with van der Waals surface area (Å²) < 4.78 is 25.0. The molecular formula is C21H33FIN5O3. The number of amides is 1. The second-order valence-corrected chi connectivity index (χ2v) is 7.42. The molecule has 2 fully saturated rings. The number of hydrogen-bond acceptors (Lipinski definition) is 5. The molecular weight excluding hydrogens is 516 g/mol. The summed E-state index contributed by atoms with van der Waals surface area (Å²) in [5.41, 5.74) is 1.47. The van der Waals surface area contributed by atoms with Gasteiger partial charge in [0.05, 0.1) is 25.5 Å². The van der Waals surface area contributed by atoms with Gasteiger partial charge in [-0.05, 0) is 37.5 Å². The Labute approximate surface area is 200 Å². The first-order valence-corrected chi connectivity index (χ1v) is 10.6. The standard InChI is InChI=1S/C21H32FN5O3.HI/c1-3-30-21(28)27-8-6-17(7-9-27)25-20(23-2)24-15-16-4-5-19(18(22)14-16)26-10-12-29-13-11-26;/h4-5,14,17H,3,6-13,15H2,1-2H3,(H2,23,24,25);1H. The summed E-state index contributed by atoms with van der Waals surface area (Å²) in [6.07, 6.45) is 1.39. The van der Waals surface area contributed by atoms with E-state index in [9.17, 15) is 9.18 Å². The Morgan fingerprint density at radius 3 is 2.58 bits per heavy atom. The molecule has 10 heteroatoms. The second kappa shape index (κ2) is 12.9. The van der Waals surface area contributed by atoms with E-state index in [0.29, 0.717) is 64.2 Å². The number of halogens is 2. The molecule has 1 aromatic carbocycles. The van der Waals surface area contributed by atoms with Gasteiger partial charge in [0.2, 0.25) is 0 Å². The molecule has 2 saturated heterocycles. The Morgan fingerprint density at radius 1 is 1.26 bits per heavy atom. The number of carbonyl (C=O) groups excluding carboxylic acids is 1. The third-order valence-corrected chi connectivity index (χ3v) is 5.41. The van der Waals surface area contributed by atoms with Gasteiger partial charge in [-0.25, -0.2) is 9.18 Å². The minimum Gasteiger partial charge on any atom is -0.450 e. The molecule has 0 saturated carbocycles. The Bertz CT molecular complexity index is 738. The van der Waals surface area contributed by atoms with Crippen LogP contribution < -0.4 is 15.5 Å². The number of ether oxygens (including phenoxy) is 2. The van der Waals surface area contributed by atoms with E-state index in [0.717, 1.165) is 18.4 Å². The van der Waals surface area contributed by atoms with E-state index in [4.69, 9.17) is 9.47 Å². The molecule has 31 heavy (non-hydrogen) atoms. The fourth-order valence-corrected chi connectivity index (χ4v) is 3.72. The molecule has 0 radical (unpaired) electrons. The van der Waals surface area contributed by atoms with Crippen LogP contribution in [0.15, 0.2) is 23.2 Å². The molecule has 3 rings (SSSR count). The van der Waals surface area contributed by atoms with Crippen molar-refractivity contribution in [3.8, 4) is 0 Å². The van der Waals surface area contributed by atoms with E-state index in [1.807, 2.05) is 24.0 Å². The molecule has 2 N–H and O–H groups in total. The maximum atomic E-state index is 14.6. The zero-order valence-corrected chi connectivity index (χ0v) is 20.6. The number of nitrogens with one attached hydrogen (secondary N) is 2. The van der Waals surface area contributed by atoms with Crippen molar-refractivity contribution in [3.05, 3.63) is 29.6 Å². The number of likely N-dealkylation sites (tertiary alicyclic amines) is 1. The first-order chi connectivity index (χ1) is 14.6. The molecule has 0 aliphatic carbocycles. The van der Waals surface area contributed by atoms with E-state index >= 15 is 0 Å². The van der Waals surface area contributed by atoms with Crippen molar-refractivity contribution in [3.63, 3.8) is 0 Å². The van der Waals surface area contributed by atoms with Crippen LogP contribution in [0.3, 0.4) is 0 Å². The highest BCUT2D eigenvalue weighted by molar-refractivity contribution is 14.0. The highest BCUT2D eigenvalue weighted by Gasteiger charge is 2.24. The molecule has 2 aliphatic rings. The third kappa shape index (κ3) is 7.37. The van der Waals surface area contributed by atoms with Crippen molar-refractivity contribution < 1.29 is 18.7 Å². The molecule has 0 bridgehead atoms. The lowest BCUT2D eigenvalue weighted by Crippen LogP contribution is -2.49. The normalized spacial score (nSPS) is 17.7. The topological polar surface area (TPSA) is 78.4 Å². The van der Waals surface area contributed by atoms with Crippen LogP contribution in [0, 0.1) is 5.82 Å². The van der Waals surface area contributed by atoms with Gasteiger partial charge in [0.1, 0.15) is 5.82 Å². The summed E-state index contributed by atoms with van der Waals surface area (Å²) in [6, 6.07) is 5.57. The number of benzene rings is 1. The van der Waals surface area contributed by atoms with Gasteiger partial charge in [-0.1, -0.05) is 6.07 Å². The fourth-order valence-electron chi connectivity index (χ4n) is 3.72. The number of carbonyl (C=O) groups is 1. The number of hydrogen-bond donors (Lipinski definition) is 2. The average Bonchev–Trinajstić information content (AvgIpc) is 2.78. The zero-order chi connectivity index (χ0) is 21.3. The smallest absolute Gasteiger partial charge is 0.409 e. The lowest BCUT2D eigenvalue weighted by molar-refractivity contribution is 0.0963. The molecule has 0 aromatic heterocycles. The Hall–Kier alpha value is -1.82. The molecule has 2 heterocycles. The van der Waals surface area contributed by atoms with Crippen LogP contribution in [0.25, 0.3) is 0 Å². The molecule has 0 spiro atoms. The van der Waals surface area contributed by atoms with Crippen LogP contribution in [0.5, 0.6) is 0 Å². The van der Waals surface area contributed by atoms with Crippen LogP contribution in [0.1, 0.15) is 25.3 Å². The maximum absolute atomic E-state index is 14.6. The number of aliphatic imine (C=N–C) groups is 1. The predicted molar refractivity (Wildman–Crippen MR) is 130 cm³/mol. The maximum Gasteiger partial charge on any atom is 0.409 e. The molecule has 8 nitrogen and oxygen atoms in total. The predicted octanol–water partition coefficient (Wildman–Crippen LogP) is 2.57. The van der Waals surface area contributed by atoms with E-state index in [1.54, 1.807) is 18.0 Å². The fraction of sp³-hybridized carbons (Fsp3) is 0.619. The highest BCUT2D eigenvalue weighted by Crippen LogP contribution is 2.21. The first kappa shape index (κ1) is 25.4. The van der Waals surface area contributed by atoms with E-state index in [2.05, 4.69) is 15.6 Å². The van der Waals surface area contributed by atoms with Crippen molar-refractivity contribution in [2.24, 2.45) is 4.99 Å². The minimum atomic E-state index is -0.249. The molecule has 1 amide bonds. The van der Waals surface area contributed by atoms with Gasteiger partial charge in [-0.2, -0.15) is 0 Å². The van der Waals surface area contributed by atoms with Crippen molar-refractivity contribution in [1.29, 1.82) is 0 Å². The van der Waals surface area contributed by atoms with Crippen LogP contribution in [-0.4, -0.2) is 76.0 Å². The second-order valence-electron chi connectivity index (χ2n) is 7.42. The largest absolute Gasteiger partial charge is 0.450 e. The number of morpholine rings is 1. The van der Waals surface area contributed by atoms with Crippen LogP contribution in [0.2, 0.25) is 0 Å². The Balaban J connectivity index is 0.00000341. The summed E-state index contributed by atoms with van der Waals surface area (Å²) in [4.78, 5) is 19.8. The minimum absolute atomic E-state index is 0. The van der Waals surface area contributed by atoms with Crippen molar-refractivity contribution in [1.82, 2.24) is 15.5 Å². The summed E-state index contributed by atoms with van der Waals surface area (Å²) in [7, 11) is 1.71.